The SMILES string of the molecule is C[Si](C)(C)C[Si](C)(C)CCCCc1ccc(Cl)cc1. The molecule has 1 rings (SSSR count). The molecule has 3 heteroatoms. The maximum absolute atomic E-state index is 5.90. The van der Waals surface area contributed by atoms with Crippen molar-refractivity contribution in [2.45, 2.75) is 63.7 Å². The van der Waals surface area contributed by atoms with E-state index < -0.39 is 16.1 Å². The van der Waals surface area contributed by atoms with Crippen LogP contribution >= 0.6 is 11.6 Å². The molecule has 1 aromatic carbocycles. The number of halogens is 1. The molecule has 108 valence electrons. The van der Waals surface area contributed by atoms with Gasteiger partial charge in [-0.1, -0.05) is 74.6 Å². The van der Waals surface area contributed by atoms with Crippen LogP contribution in [-0.2, 0) is 6.42 Å². The second kappa shape index (κ2) is 7.10. The van der Waals surface area contributed by atoms with Crippen molar-refractivity contribution in [3.63, 3.8) is 0 Å². The third-order valence-electron chi connectivity index (χ3n) is 3.49. The lowest BCUT2D eigenvalue weighted by molar-refractivity contribution is 0.784. The molecule has 0 nitrogen and oxygen atoms in total. The Morgan fingerprint density at radius 1 is 0.895 bits per heavy atom. The summed E-state index contributed by atoms with van der Waals surface area (Å²) >= 11 is 5.90. The van der Waals surface area contributed by atoms with Crippen LogP contribution in [0.3, 0.4) is 0 Å². The van der Waals surface area contributed by atoms with Gasteiger partial charge >= 0.3 is 0 Å². The summed E-state index contributed by atoms with van der Waals surface area (Å²) in [5.74, 6) is 0. The second-order valence-corrected chi connectivity index (χ2v) is 19.5. The summed E-state index contributed by atoms with van der Waals surface area (Å²) in [7, 11) is -1.82. The van der Waals surface area contributed by atoms with Gasteiger partial charge in [-0.15, -0.1) is 0 Å². The first-order chi connectivity index (χ1) is 8.68. The average molecular weight is 313 g/mol. The van der Waals surface area contributed by atoms with E-state index in [-0.39, 0.29) is 0 Å². The highest BCUT2D eigenvalue weighted by Crippen LogP contribution is 2.25. The van der Waals surface area contributed by atoms with Gasteiger partial charge in [-0.2, -0.15) is 0 Å². The lowest BCUT2D eigenvalue weighted by atomic mass is 10.1. The maximum atomic E-state index is 5.90. The molecule has 0 saturated heterocycles. The number of aryl methyl sites for hydroxylation is 1. The van der Waals surface area contributed by atoms with Crippen LogP contribution in [0.2, 0.25) is 49.5 Å². The predicted octanol–water partition coefficient (Wildman–Crippen LogP) is 6.25. The molecule has 1 aromatic rings. The number of hydrogen-bond acceptors (Lipinski definition) is 0. The van der Waals surface area contributed by atoms with Gasteiger partial charge in [0.15, 0.2) is 0 Å². The molecule has 0 aliphatic heterocycles. The van der Waals surface area contributed by atoms with E-state index in [1.807, 2.05) is 12.1 Å². The molecule has 0 aliphatic rings. The van der Waals surface area contributed by atoms with E-state index in [0.29, 0.717) is 0 Å². The molecular weight excluding hydrogens is 284 g/mol. The van der Waals surface area contributed by atoms with Crippen LogP contribution in [0, 0.1) is 0 Å². The van der Waals surface area contributed by atoms with Gasteiger partial charge in [0.25, 0.3) is 0 Å². The molecule has 0 saturated carbocycles. The van der Waals surface area contributed by atoms with Crippen LogP contribution < -0.4 is 0 Å². The van der Waals surface area contributed by atoms with Gasteiger partial charge in [0.1, 0.15) is 0 Å². The molecule has 0 N–H and O–H groups in total. The minimum absolute atomic E-state index is 0.840. The molecule has 0 atom stereocenters. The van der Waals surface area contributed by atoms with Crippen molar-refractivity contribution in [1.82, 2.24) is 0 Å². The third kappa shape index (κ3) is 7.96. The number of rotatable bonds is 7. The molecule has 0 heterocycles. The van der Waals surface area contributed by atoms with Crippen molar-refractivity contribution in [2.24, 2.45) is 0 Å². The Morgan fingerprint density at radius 3 is 2.00 bits per heavy atom. The highest BCUT2D eigenvalue weighted by molar-refractivity contribution is 6.94. The second-order valence-electron chi connectivity index (χ2n) is 7.74. The summed E-state index contributed by atoms with van der Waals surface area (Å²) in [6.45, 7) is 12.7. The zero-order chi connectivity index (χ0) is 14.5. The quantitative estimate of drug-likeness (QED) is 0.412. The zero-order valence-electron chi connectivity index (χ0n) is 13.2. The van der Waals surface area contributed by atoms with Gasteiger partial charge in [0, 0.05) is 21.2 Å². The van der Waals surface area contributed by atoms with Crippen molar-refractivity contribution >= 4 is 27.7 Å². The molecular formula is C16H29ClSi2. The Bertz CT molecular complexity index is 377. The standard InChI is InChI=1S/C16H29ClSi2/c1-18(2,3)14-19(4,5)13-7-6-8-15-9-11-16(17)12-10-15/h9-12H,6-8,13-14H2,1-5H3. The van der Waals surface area contributed by atoms with Crippen LogP contribution in [0.1, 0.15) is 18.4 Å². The molecule has 0 amide bonds. The third-order valence-corrected chi connectivity index (χ3v) is 13.5. The molecule has 19 heavy (non-hydrogen) atoms. The monoisotopic (exact) mass is 312 g/mol. The average Bonchev–Trinajstić information content (AvgIpc) is 2.23. The molecule has 0 aromatic heterocycles. The number of benzene rings is 1. The Morgan fingerprint density at radius 2 is 1.47 bits per heavy atom. The van der Waals surface area contributed by atoms with E-state index in [2.05, 4.69) is 44.9 Å². The van der Waals surface area contributed by atoms with Gasteiger partial charge in [0.05, 0.1) is 0 Å². The minimum Gasteiger partial charge on any atom is -0.0843 e. The summed E-state index contributed by atoms with van der Waals surface area (Å²) in [5, 5.41) is 0.840. The predicted molar refractivity (Wildman–Crippen MR) is 94.8 cm³/mol. The van der Waals surface area contributed by atoms with Gasteiger partial charge in [-0.3, -0.25) is 0 Å². The molecule has 0 fully saturated rings. The summed E-state index contributed by atoms with van der Waals surface area (Å²) < 4.78 is 0. The Balaban J connectivity index is 2.28. The first-order valence-corrected chi connectivity index (χ1v) is 14.9. The Hall–Kier alpha value is -0.0562. The van der Waals surface area contributed by atoms with Crippen molar-refractivity contribution in [2.75, 3.05) is 0 Å². The molecule has 0 bridgehead atoms. The van der Waals surface area contributed by atoms with Gasteiger partial charge in [-0.25, -0.2) is 0 Å². The van der Waals surface area contributed by atoms with Crippen molar-refractivity contribution in [3.8, 4) is 0 Å². The number of hydrogen-bond donors (Lipinski definition) is 0. The first kappa shape index (κ1) is 17.0. The normalized spacial score (nSPS) is 12.7. The summed E-state index contributed by atoms with van der Waals surface area (Å²) in [6, 6.07) is 9.81. The van der Waals surface area contributed by atoms with Crippen LogP contribution in [-0.4, -0.2) is 16.1 Å². The topological polar surface area (TPSA) is 0 Å². The van der Waals surface area contributed by atoms with E-state index >= 15 is 0 Å². The number of unbranched alkanes of at least 4 members (excludes halogenated alkanes) is 1. The smallest absolute Gasteiger partial charge is 0.0447 e. The Labute approximate surface area is 126 Å². The molecule has 0 aliphatic carbocycles. The lowest BCUT2D eigenvalue weighted by Crippen LogP contribution is -2.37. The van der Waals surface area contributed by atoms with E-state index in [0.717, 1.165) is 5.02 Å². The van der Waals surface area contributed by atoms with Gasteiger partial charge < -0.3 is 0 Å². The van der Waals surface area contributed by atoms with Gasteiger partial charge in [0.2, 0.25) is 0 Å². The highest BCUT2D eigenvalue weighted by Gasteiger charge is 2.27. The largest absolute Gasteiger partial charge is 0.0843 e. The molecule has 0 spiro atoms. The van der Waals surface area contributed by atoms with Crippen LogP contribution in [0.4, 0.5) is 0 Å². The van der Waals surface area contributed by atoms with E-state index in [1.165, 1.54) is 30.9 Å². The van der Waals surface area contributed by atoms with Crippen molar-refractivity contribution in [1.29, 1.82) is 0 Å². The van der Waals surface area contributed by atoms with Crippen molar-refractivity contribution in [3.05, 3.63) is 34.9 Å². The minimum atomic E-state index is -0.945. The molecule has 0 radical (unpaired) electrons. The van der Waals surface area contributed by atoms with E-state index in [1.54, 1.807) is 5.67 Å². The first-order valence-electron chi connectivity index (χ1n) is 7.42. The molecule has 0 unspecified atom stereocenters. The van der Waals surface area contributed by atoms with Crippen LogP contribution in [0.25, 0.3) is 0 Å². The fourth-order valence-corrected chi connectivity index (χ4v) is 16.6. The maximum Gasteiger partial charge on any atom is 0.0447 e. The summed E-state index contributed by atoms with van der Waals surface area (Å²) in [4.78, 5) is 0. The summed E-state index contributed by atoms with van der Waals surface area (Å²) in [5.41, 5.74) is 3.00. The van der Waals surface area contributed by atoms with Gasteiger partial charge in [-0.05, 0) is 30.5 Å². The fraction of sp³-hybridized carbons (Fsp3) is 0.625. The lowest BCUT2D eigenvalue weighted by Gasteiger charge is -2.29. The van der Waals surface area contributed by atoms with Crippen LogP contribution in [0.5, 0.6) is 0 Å². The Kier molecular flexibility index (Phi) is 6.35. The highest BCUT2D eigenvalue weighted by atomic mass is 35.5. The summed E-state index contributed by atoms with van der Waals surface area (Å²) in [6.07, 6.45) is 3.92. The van der Waals surface area contributed by atoms with E-state index in [9.17, 15) is 0 Å². The van der Waals surface area contributed by atoms with Crippen LogP contribution in [0.15, 0.2) is 24.3 Å². The van der Waals surface area contributed by atoms with Crippen molar-refractivity contribution < 1.29 is 0 Å². The zero-order valence-corrected chi connectivity index (χ0v) is 16.0. The van der Waals surface area contributed by atoms with E-state index in [4.69, 9.17) is 11.6 Å². The fourth-order valence-electron chi connectivity index (χ4n) is 3.11.